The highest BCUT2D eigenvalue weighted by atomic mass is 35.5. The van der Waals surface area contributed by atoms with Crippen LogP contribution in [-0.2, 0) is 6.54 Å². The molecule has 0 spiro atoms. The van der Waals surface area contributed by atoms with E-state index in [0.29, 0.717) is 22.0 Å². The van der Waals surface area contributed by atoms with Gasteiger partial charge in [-0.05, 0) is 29.8 Å². The Morgan fingerprint density at radius 2 is 1.95 bits per heavy atom. The maximum atomic E-state index is 11.3. The largest absolute Gasteiger partial charge is 0.476 e. The first-order valence-electron chi connectivity index (χ1n) is 6.19. The molecule has 106 valence electrons. The summed E-state index contributed by atoms with van der Waals surface area (Å²) in [5.41, 5.74) is 1.56. The molecule has 6 heteroatoms. The van der Waals surface area contributed by atoms with Gasteiger partial charge in [0, 0.05) is 15.4 Å². The van der Waals surface area contributed by atoms with E-state index in [1.54, 1.807) is 35.0 Å². The fourth-order valence-corrected chi connectivity index (χ4v) is 2.60. The molecule has 0 aliphatic rings. The van der Waals surface area contributed by atoms with Gasteiger partial charge < -0.3 is 5.11 Å². The lowest BCUT2D eigenvalue weighted by molar-refractivity contribution is 0.0691. The summed E-state index contributed by atoms with van der Waals surface area (Å²) in [6.07, 6.45) is 0. The first kappa shape index (κ1) is 13.9. The number of aromatic carboxylic acids is 1. The molecule has 0 bridgehead atoms. The molecule has 21 heavy (non-hydrogen) atoms. The number of nitrogens with zero attached hydrogens (tertiary/aromatic N) is 2. The summed E-state index contributed by atoms with van der Waals surface area (Å²) in [5.74, 6) is -1.05. The molecule has 2 aromatic carbocycles. The van der Waals surface area contributed by atoms with Crippen LogP contribution in [0.1, 0.15) is 16.1 Å². The Labute approximate surface area is 130 Å². The van der Waals surface area contributed by atoms with Gasteiger partial charge in [-0.1, -0.05) is 41.4 Å². The topological polar surface area (TPSA) is 55.1 Å². The van der Waals surface area contributed by atoms with E-state index >= 15 is 0 Å². The lowest BCUT2D eigenvalue weighted by Crippen LogP contribution is -2.05. The van der Waals surface area contributed by atoms with Gasteiger partial charge in [0.15, 0.2) is 5.69 Å². The fourth-order valence-electron chi connectivity index (χ4n) is 2.23. The van der Waals surface area contributed by atoms with Gasteiger partial charge in [0.25, 0.3) is 0 Å². The molecule has 0 saturated carbocycles. The summed E-state index contributed by atoms with van der Waals surface area (Å²) < 4.78 is 1.62. The predicted molar refractivity (Wildman–Crippen MR) is 82.3 cm³/mol. The predicted octanol–water partition coefficient (Wildman–Crippen LogP) is 4.09. The third-order valence-electron chi connectivity index (χ3n) is 3.19. The zero-order chi connectivity index (χ0) is 15.0. The van der Waals surface area contributed by atoms with Crippen LogP contribution >= 0.6 is 23.2 Å². The van der Waals surface area contributed by atoms with Gasteiger partial charge in [0.2, 0.25) is 0 Å². The SMILES string of the molecule is O=C(O)c1nn(Cc2cc(Cl)ccc2Cl)c2ccccc12. The Balaban J connectivity index is 2.13. The lowest BCUT2D eigenvalue weighted by atomic mass is 10.2. The number of halogens is 2. The van der Waals surface area contributed by atoms with E-state index in [-0.39, 0.29) is 5.69 Å². The van der Waals surface area contributed by atoms with E-state index in [4.69, 9.17) is 23.2 Å². The Morgan fingerprint density at radius 3 is 2.71 bits per heavy atom. The molecule has 0 fully saturated rings. The van der Waals surface area contributed by atoms with Gasteiger partial charge in [0.1, 0.15) is 0 Å². The normalized spacial score (nSPS) is 11.0. The van der Waals surface area contributed by atoms with Crippen LogP contribution in [0.4, 0.5) is 0 Å². The molecular weight excluding hydrogens is 311 g/mol. The maximum Gasteiger partial charge on any atom is 0.357 e. The Kier molecular flexibility index (Phi) is 3.57. The Bertz CT molecular complexity index is 843. The van der Waals surface area contributed by atoms with Gasteiger partial charge in [-0.15, -0.1) is 0 Å². The van der Waals surface area contributed by atoms with Gasteiger partial charge in [-0.3, -0.25) is 4.68 Å². The lowest BCUT2D eigenvalue weighted by Gasteiger charge is -2.06. The molecule has 0 unspecified atom stereocenters. The number of carboxylic acid groups (broad SMARTS) is 1. The minimum absolute atomic E-state index is 0.0313. The number of carboxylic acids is 1. The summed E-state index contributed by atoms with van der Waals surface area (Å²) in [6.45, 7) is 0.354. The standard InChI is InChI=1S/C15H10Cl2N2O2/c16-10-5-6-12(17)9(7-10)8-19-13-4-2-1-3-11(13)14(18-19)15(20)21/h1-7H,8H2,(H,20,21). The maximum absolute atomic E-state index is 11.3. The smallest absolute Gasteiger partial charge is 0.357 e. The van der Waals surface area contributed by atoms with Gasteiger partial charge in [-0.25, -0.2) is 4.79 Å². The molecule has 0 aliphatic carbocycles. The summed E-state index contributed by atoms with van der Waals surface area (Å²) in [7, 11) is 0. The van der Waals surface area contributed by atoms with Crippen LogP contribution in [0.5, 0.6) is 0 Å². The molecule has 3 rings (SSSR count). The second kappa shape index (κ2) is 5.39. The number of carbonyl (C=O) groups is 1. The highest BCUT2D eigenvalue weighted by Crippen LogP contribution is 2.24. The van der Waals surface area contributed by atoms with Crippen molar-refractivity contribution in [2.24, 2.45) is 0 Å². The molecule has 1 heterocycles. The van der Waals surface area contributed by atoms with E-state index in [9.17, 15) is 9.90 Å². The van der Waals surface area contributed by atoms with Crippen molar-refractivity contribution >= 4 is 40.1 Å². The van der Waals surface area contributed by atoms with E-state index in [2.05, 4.69) is 5.10 Å². The number of benzene rings is 2. The van der Waals surface area contributed by atoms with Crippen LogP contribution in [0.2, 0.25) is 10.0 Å². The van der Waals surface area contributed by atoms with Crippen LogP contribution in [0.3, 0.4) is 0 Å². The van der Waals surface area contributed by atoms with E-state index in [1.165, 1.54) is 0 Å². The first-order chi connectivity index (χ1) is 10.1. The molecule has 3 aromatic rings. The van der Waals surface area contributed by atoms with Crippen LogP contribution in [0.15, 0.2) is 42.5 Å². The Hall–Kier alpha value is -2.04. The van der Waals surface area contributed by atoms with Gasteiger partial charge in [-0.2, -0.15) is 5.10 Å². The van der Waals surface area contributed by atoms with Crippen LogP contribution in [-0.4, -0.2) is 20.9 Å². The summed E-state index contributed by atoms with van der Waals surface area (Å²) >= 11 is 12.1. The van der Waals surface area contributed by atoms with Crippen molar-refractivity contribution in [3.63, 3.8) is 0 Å². The second-order valence-corrected chi connectivity index (χ2v) is 5.41. The van der Waals surface area contributed by atoms with E-state index in [0.717, 1.165) is 11.1 Å². The number of aromatic nitrogens is 2. The Morgan fingerprint density at radius 1 is 1.19 bits per heavy atom. The van der Waals surface area contributed by atoms with Crippen molar-refractivity contribution < 1.29 is 9.90 Å². The molecule has 0 aliphatic heterocycles. The first-order valence-corrected chi connectivity index (χ1v) is 6.94. The van der Waals surface area contributed by atoms with Gasteiger partial charge in [0.05, 0.1) is 12.1 Å². The average Bonchev–Trinajstić information content (AvgIpc) is 2.82. The van der Waals surface area contributed by atoms with Crippen molar-refractivity contribution in [2.45, 2.75) is 6.54 Å². The molecule has 1 aromatic heterocycles. The molecule has 4 nitrogen and oxygen atoms in total. The zero-order valence-electron chi connectivity index (χ0n) is 10.8. The monoisotopic (exact) mass is 320 g/mol. The molecular formula is C15H10Cl2N2O2. The van der Waals surface area contributed by atoms with E-state index < -0.39 is 5.97 Å². The molecule has 0 saturated heterocycles. The minimum Gasteiger partial charge on any atom is -0.476 e. The number of para-hydroxylation sites is 1. The van der Waals surface area contributed by atoms with Crippen LogP contribution < -0.4 is 0 Å². The minimum atomic E-state index is -1.05. The van der Waals surface area contributed by atoms with Gasteiger partial charge >= 0.3 is 5.97 Å². The van der Waals surface area contributed by atoms with E-state index in [1.807, 2.05) is 12.1 Å². The summed E-state index contributed by atoms with van der Waals surface area (Å²) in [5, 5.41) is 15.1. The zero-order valence-corrected chi connectivity index (χ0v) is 12.3. The third-order valence-corrected chi connectivity index (χ3v) is 3.79. The second-order valence-electron chi connectivity index (χ2n) is 4.56. The van der Waals surface area contributed by atoms with Crippen LogP contribution in [0.25, 0.3) is 10.9 Å². The highest BCUT2D eigenvalue weighted by molar-refractivity contribution is 6.33. The number of hydrogen-bond acceptors (Lipinski definition) is 2. The van der Waals surface area contributed by atoms with Crippen molar-refractivity contribution in [1.29, 1.82) is 0 Å². The van der Waals surface area contributed by atoms with Crippen molar-refractivity contribution in [1.82, 2.24) is 9.78 Å². The van der Waals surface area contributed by atoms with Crippen molar-refractivity contribution in [3.05, 3.63) is 63.8 Å². The third kappa shape index (κ3) is 2.60. The highest BCUT2D eigenvalue weighted by Gasteiger charge is 2.16. The number of rotatable bonds is 3. The summed E-state index contributed by atoms with van der Waals surface area (Å²) in [6, 6.07) is 12.4. The summed E-state index contributed by atoms with van der Waals surface area (Å²) in [4.78, 5) is 11.3. The molecule has 1 N–H and O–H groups in total. The molecule has 0 radical (unpaired) electrons. The molecule has 0 atom stereocenters. The van der Waals surface area contributed by atoms with Crippen molar-refractivity contribution in [2.75, 3.05) is 0 Å². The molecule has 0 amide bonds. The average molecular weight is 321 g/mol. The van der Waals surface area contributed by atoms with Crippen LogP contribution in [0, 0.1) is 0 Å². The number of fused-ring (bicyclic) bond motifs is 1. The number of hydrogen-bond donors (Lipinski definition) is 1. The van der Waals surface area contributed by atoms with Crippen molar-refractivity contribution in [3.8, 4) is 0 Å². The quantitative estimate of drug-likeness (QED) is 0.790. The fraction of sp³-hybridized carbons (Fsp3) is 0.0667.